The fraction of sp³-hybridized carbons (Fsp3) is 0.413. The summed E-state index contributed by atoms with van der Waals surface area (Å²) in [5, 5.41) is 8.92. The number of hydrogen-bond acceptors (Lipinski definition) is 11. The van der Waals surface area contributed by atoms with Crippen molar-refractivity contribution in [3.05, 3.63) is 94.7 Å². The first-order valence-corrected chi connectivity index (χ1v) is 22.3. The SMILES string of the molecule is Nc1nccn2c(N3CCC4(CC3)CN(CCCCCCCCNc3ccc5c(c3)CN(C3CCC(=O)NC3=O)C5=O)C4)nc(-c3ccc(C(=O)Nc4cc(Cl)ccn4)cc3F)c12. The van der Waals surface area contributed by atoms with Crippen molar-refractivity contribution in [1.82, 2.24) is 34.5 Å². The van der Waals surface area contributed by atoms with Gasteiger partial charge in [0.1, 0.15) is 34.7 Å². The maximum absolute atomic E-state index is 15.8. The molecule has 328 valence electrons. The topological polar surface area (TPSA) is 183 Å². The zero-order valence-corrected chi connectivity index (χ0v) is 35.8. The molecule has 3 fully saturated rings. The van der Waals surface area contributed by atoms with Crippen LogP contribution in [0.25, 0.3) is 16.8 Å². The van der Waals surface area contributed by atoms with Crippen LogP contribution in [0.5, 0.6) is 0 Å². The quantitative estimate of drug-likeness (QED) is 0.0663. The molecule has 5 aromatic rings. The highest BCUT2D eigenvalue weighted by atomic mass is 35.5. The van der Waals surface area contributed by atoms with E-state index in [1.54, 1.807) is 29.3 Å². The highest BCUT2D eigenvalue weighted by molar-refractivity contribution is 6.30. The van der Waals surface area contributed by atoms with Crippen LogP contribution in [0.1, 0.15) is 90.5 Å². The number of nitrogens with zero attached hydrogens (tertiary/aromatic N) is 7. The first-order chi connectivity index (χ1) is 30.5. The second-order valence-electron chi connectivity index (χ2n) is 17.3. The number of imide groups is 1. The Morgan fingerprint density at radius 3 is 2.49 bits per heavy atom. The Bertz CT molecular complexity index is 2570. The van der Waals surface area contributed by atoms with E-state index in [1.807, 2.05) is 28.8 Å². The van der Waals surface area contributed by atoms with Crippen molar-refractivity contribution in [3.63, 3.8) is 0 Å². The van der Waals surface area contributed by atoms with Crippen molar-refractivity contribution in [2.24, 2.45) is 5.41 Å². The van der Waals surface area contributed by atoms with Crippen LogP contribution in [0, 0.1) is 11.2 Å². The Labute approximate surface area is 369 Å². The van der Waals surface area contributed by atoms with Gasteiger partial charge < -0.3 is 31.1 Å². The Balaban J connectivity index is 0.688. The van der Waals surface area contributed by atoms with Gasteiger partial charge in [0.05, 0.1) is 0 Å². The number of imidazole rings is 1. The molecule has 4 aliphatic heterocycles. The van der Waals surface area contributed by atoms with E-state index >= 15 is 4.39 Å². The molecule has 3 saturated heterocycles. The molecule has 1 atom stereocenters. The number of nitrogen functional groups attached to an aromatic ring is 1. The molecule has 63 heavy (non-hydrogen) atoms. The zero-order valence-electron chi connectivity index (χ0n) is 35.0. The van der Waals surface area contributed by atoms with Crippen molar-refractivity contribution in [2.75, 3.05) is 60.5 Å². The molecule has 7 heterocycles. The molecule has 9 rings (SSSR count). The Kier molecular flexibility index (Phi) is 12.0. The van der Waals surface area contributed by atoms with Gasteiger partial charge >= 0.3 is 0 Å². The van der Waals surface area contributed by atoms with Gasteiger partial charge in [0, 0.05) is 91.7 Å². The van der Waals surface area contributed by atoms with Gasteiger partial charge in [-0.25, -0.2) is 19.3 Å². The third kappa shape index (κ3) is 8.91. The summed E-state index contributed by atoms with van der Waals surface area (Å²) in [6.07, 6.45) is 14.7. The summed E-state index contributed by atoms with van der Waals surface area (Å²) in [6, 6.07) is 12.6. The summed E-state index contributed by atoms with van der Waals surface area (Å²) in [5.74, 6) is -0.734. The van der Waals surface area contributed by atoms with E-state index in [4.69, 9.17) is 22.3 Å². The lowest BCUT2D eigenvalue weighted by Gasteiger charge is -2.54. The molecule has 0 aliphatic carbocycles. The lowest BCUT2D eigenvalue weighted by atomic mass is 9.72. The van der Waals surface area contributed by atoms with Gasteiger partial charge in [-0.2, -0.15) is 0 Å². The third-order valence-corrected chi connectivity index (χ3v) is 13.2. The number of piperidine rings is 2. The third-order valence-electron chi connectivity index (χ3n) is 13.0. The number of unbranched alkanes of at least 4 members (excludes halogenated alkanes) is 5. The Morgan fingerprint density at radius 1 is 0.937 bits per heavy atom. The van der Waals surface area contributed by atoms with Gasteiger partial charge in [-0.15, -0.1) is 0 Å². The lowest BCUT2D eigenvalue weighted by molar-refractivity contribution is -0.136. The van der Waals surface area contributed by atoms with E-state index in [2.05, 4.69) is 35.7 Å². The smallest absolute Gasteiger partial charge is 0.256 e. The Morgan fingerprint density at radius 2 is 1.71 bits per heavy atom. The number of carbonyl (C=O) groups excluding carboxylic acids is 4. The average molecular weight is 876 g/mol. The zero-order chi connectivity index (χ0) is 43.7. The maximum atomic E-state index is 15.8. The maximum Gasteiger partial charge on any atom is 0.256 e. The number of fused-ring (bicyclic) bond motifs is 2. The summed E-state index contributed by atoms with van der Waals surface area (Å²) in [5.41, 5.74) is 10.5. The molecule has 0 bridgehead atoms. The molecule has 5 N–H and O–H groups in total. The Hall–Kier alpha value is -6.13. The predicted molar refractivity (Wildman–Crippen MR) is 239 cm³/mol. The van der Waals surface area contributed by atoms with E-state index in [9.17, 15) is 19.2 Å². The van der Waals surface area contributed by atoms with E-state index in [-0.39, 0.29) is 41.0 Å². The van der Waals surface area contributed by atoms with Crippen molar-refractivity contribution in [1.29, 1.82) is 0 Å². The van der Waals surface area contributed by atoms with E-state index in [0.29, 0.717) is 46.1 Å². The molecular formula is C46H51ClFN11O4. The average Bonchev–Trinajstić information content (AvgIpc) is 3.80. The minimum absolute atomic E-state index is 0.128. The van der Waals surface area contributed by atoms with Crippen molar-refractivity contribution >= 4 is 64.0 Å². The molecule has 17 heteroatoms. The number of aromatic nitrogens is 4. The number of amides is 4. The summed E-state index contributed by atoms with van der Waals surface area (Å²) in [7, 11) is 0. The minimum atomic E-state index is -0.603. The van der Waals surface area contributed by atoms with Crippen LogP contribution in [0.4, 0.5) is 27.7 Å². The number of benzene rings is 2. The van der Waals surface area contributed by atoms with Gasteiger partial charge in [0.2, 0.25) is 17.8 Å². The van der Waals surface area contributed by atoms with Crippen LogP contribution >= 0.6 is 11.6 Å². The molecule has 3 aromatic heterocycles. The second kappa shape index (κ2) is 17.9. The molecule has 2 aromatic carbocycles. The van der Waals surface area contributed by atoms with Gasteiger partial charge in [-0.05, 0) is 98.2 Å². The largest absolute Gasteiger partial charge is 0.385 e. The number of pyridine rings is 1. The van der Waals surface area contributed by atoms with Crippen LogP contribution in [0.2, 0.25) is 5.02 Å². The van der Waals surface area contributed by atoms with Crippen molar-refractivity contribution < 1.29 is 23.6 Å². The highest BCUT2D eigenvalue weighted by Gasteiger charge is 2.45. The fourth-order valence-electron chi connectivity index (χ4n) is 9.61. The predicted octanol–water partition coefficient (Wildman–Crippen LogP) is 6.53. The second-order valence-corrected chi connectivity index (χ2v) is 17.8. The first-order valence-electron chi connectivity index (χ1n) is 21.9. The number of nitrogens with two attached hydrogens (primary N) is 1. The van der Waals surface area contributed by atoms with E-state index in [1.165, 1.54) is 44.0 Å². The number of nitrogens with one attached hydrogen (secondary N) is 3. The normalized spacial score (nSPS) is 18.4. The summed E-state index contributed by atoms with van der Waals surface area (Å²) < 4.78 is 17.7. The van der Waals surface area contributed by atoms with E-state index in [0.717, 1.165) is 76.2 Å². The summed E-state index contributed by atoms with van der Waals surface area (Å²) in [6.45, 7) is 6.25. The van der Waals surface area contributed by atoms with Crippen molar-refractivity contribution in [3.8, 4) is 11.3 Å². The van der Waals surface area contributed by atoms with Gasteiger partial charge in [-0.3, -0.25) is 28.9 Å². The standard InChI is InChI=1S/C46H51ClFN11O4/c47-31-13-17-51-37(25-31)53-42(61)29-7-9-34(35(48)24-29)39-40-41(49)52-18-22-58(40)45(55-39)57-20-14-46(15-21-57)27-56(28-46)19-6-4-2-1-3-5-16-50-32-8-10-33-30(23-32)26-59(44(33)63)36-11-12-38(60)54-43(36)62/h7-10,13,17-18,22-25,36,50H,1-6,11-12,14-16,19-21,26-28H2,(H2,49,52)(H,51,53,61)(H,54,60,62). The van der Waals surface area contributed by atoms with Crippen LogP contribution in [0.15, 0.2) is 67.1 Å². The highest BCUT2D eigenvalue weighted by Crippen LogP contribution is 2.42. The minimum Gasteiger partial charge on any atom is -0.385 e. The van der Waals surface area contributed by atoms with Crippen LogP contribution in [-0.2, 0) is 16.1 Å². The number of rotatable bonds is 15. The van der Waals surface area contributed by atoms with Gasteiger partial charge in [-0.1, -0.05) is 37.3 Å². The molecule has 4 aliphatic rings. The van der Waals surface area contributed by atoms with E-state index < -0.39 is 23.7 Å². The molecule has 0 saturated carbocycles. The molecule has 15 nitrogen and oxygen atoms in total. The first kappa shape index (κ1) is 42.2. The molecule has 1 unspecified atom stereocenters. The fourth-order valence-corrected chi connectivity index (χ4v) is 9.77. The number of likely N-dealkylation sites (tertiary alicyclic amines) is 1. The van der Waals surface area contributed by atoms with Crippen LogP contribution < -0.4 is 26.6 Å². The molecule has 1 spiro atoms. The number of carbonyl (C=O) groups is 4. The number of anilines is 4. The van der Waals surface area contributed by atoms with Gasteiger partial charge in [0.25, 0.3) is 11.8 Å². The molecule has 4 amide bonds. The summed E-state index contributed by atoms with van der Waals surface area (Å²) in [4.78, 5) is 69.5. The van der Waals surface area contributed by atoms with Crippen molar-refractivity contribution in [2.45, 2.75) is 76.8 Å². The summed E-state index contributed by atoms with van der Waals surface area (Å²) >= 11 is 6.02. The molecular weight excluding hydrogens is 825 g/mol. The number of hydrogen-bond donors (Lipinski definition) is 4. The number of halogens is 2. The lowest BCUT2D eigenvalue weighted by Crippen LogP contribution is -2.60. The monoisotopic (exact) mass is 875 g/mol. The van der Waals surface area contributed by atoms with Crippen LogP contribution in [-0.4, -0.2) is 98.1 Å². The van der Waals surface area contributed by atoms with Crippen LogP contribution in [0.3, 0.4) is 0 Å². The molecule has 0 radical (unpaired) electrons. The van der Waals surface area contributed by atoms with Gasteiger partial charge in [0.15, 0.2) is 0 Å².